The van der Waals surface area contributed by atoms with Crippen molar-refractivity contribution in [3.8, 4) is 11.1 Å². The molecule has 0 saturated heterocycles. The fourth-order valence-corrected chi connectivity index (χ4v) is 4.69. The smallest absolute Gasteiger partial charge is 0.407 e. The number of aliphatic carboxylic acids is 1. The zero-order valence-corrected chi connectivity index (χ0v) is 21.0. The minimum atomic E-state index is -1.06. The maximum atomic E-state index is 12.9. The molecule has 1 aliphatic rings. The molecule has 3 rings (SSSR count). The lowest BCUT2D eigenvalue weighted by molar-refractivity contribution is -0.145. The number of nitrogens with zero attached hydrogens (tertiary/aromatic N) is 1. The molecule has 2 N–H and O–H groups in total. The van der Waals surface area contributed by atoms with Gasteiger partial charge in [0.05, 0.1) is 0 Å². The lowest BCUT2D eigenvalue weighted by atomic mass is 9.95. The van der Waals surface area contributed by atoms with Gasteiger partial charge in [0.1, 0.15) is 13.2 Å². The first kappa shape index (κ1) is 26.3. The summed E-state index contributed by atoms with van der Waals surface area (Å²) in [6, 6.07) is 15.8. The highest BCUT2D eigenvalue weighted by atomic mass is 16.5. The van der Waals surface area contributed by atoms with Crippen molar-refractivity contribution in [2.24, 2.45) is 5.41 Å². The largest absolute Gasteiger partial charge is 0.480 e. The number of carboxylic acids is 1. The second-order valence-electron chi connectivity index (χ2n) is 10.4. The third-order valence-electron chi connectivity index (χ3n) is 6.07. The van der Waals surface area contributed by atoms with Crippen molar-refractivity contribution in [2.45, 2.75) is 58.9 Å². The van der Waals surface area contributed by atoms with E-state index in [0.717, 1.165) is 28.7 Å². The minimum absolute atomic E-state index is 0.0292. The van der Waals surface area contributed by atoms with Crippen LogP contribution < -0.4 is 5.32 Å². The second-order valence-corrected chi connectivity index (χ2v) is 10.4. The molecule has 7 heteroatoms. The van der Waals surface area contributed by atoms with Crippen LogP contribution in [0, 0.1) is 5.41 Å². The van der Waals surface area contributed by atoms with Crippen LogP contribution >= 0.6 is 0 Å². The molecule has 0 aromatic heterocycles. The van der Waals surface area contributed by atoms with Gasteiger partial charge in [0, 0.05) is 24.9 Å². The number of hydrogen-bond acceptors (Lipinski definition) is 4. The summed E-state index contributed by atoms with van der Waals surface area (Å²) in [5, 5.41) is 12.1. The van der Waals surface area contributed by atoms with Gasteiger partial charge in [-0.1, -0.05) is 82.6 Å². The SMILES string of the molecule is CCC[C@@H](CC(=O)N(CC(=O)O)CC(C)(C)C)NC(=O)OCC1c2ccccc2-c2ccccc21. The first-order valence-electron chi connectivity index (χ1n) is 12.2. The molecule has 0 unspecified atom stereocenters. The molecule has 2 amide bonds. The Hall–Kier alpha value is -3.35. The molecule has 0 radical (unpaired) electrons. The van der Waals surface area contributed by atoms with Gasteiger partial charge in [-0.05, 0) is 34.1 Å². The predicted molar refractivity (Wildman–Crippen MR) is 135 cm³/mol. The normalized spacial score (nSPS) is 13.5. The van der Waals surface area contributed by atoms with Crippen LogP contribution in [0.15, 0.2) is 48.5 Å². The Morgan fingerprint density at radius 1 is 1.03 bits per heavy atom. The van der Waals surface area contributed by atoms with E-state index in [9.17, 15) is 19.5 Å². The Balaban J connectivity index is 1.63. The number of carboxylic acid groups (broad SMARTS) is 1. The zero-order valence-electron chi connectivity index (χ0n) is 21.0. The molecule has 0 saturated carbocycles. The first-order chi connectivity index (χ1) is 16.6. The number of carbonyl (C=O) groups is 3. The van der Waals surface area contributed by atoms with Crippen molar-refractivity contribution < 1.29 is 24.2 Å². The summed E-state index contributed by atoms with van der Waals surface area (Å²) in [7, 11) is 0. The molecule has 0 heterocycles. The van der Waals surface area contributed by atoms with Gasteiger partial charge in [-0.3, -0.25) is 9.59 Å². The van der Waals surface area contributed by atoms with E-state index < -0.39 is 18.1 Å². The van der Waals surface area contributed by atoms with Crippen molar-refractivity contribution in [1.29, 1.82) is 0 Å². The van der Waals surface area contributed by atoms with Gasteiger partial charge < -0.3 is 20.1 Å². The van der Waals surface area contributed by atoms with Crippen LogP contribution in [0.5, 0.6) is 0 Å². The molecule has 35 heavy (non-hydrogen) atoms. The van der Waals surface area contributed by atoms with Crippen LogP contribution in [0.1, 0.15) is 64.0 Å². The summed E-state index contributed by atoms with van der Waals surface area (Å²) >= 11 is 0. The van der Waals surface area contributed by atoms with Gasteiger partial charge in [-0.2, -0.15) is 0 Å². The van der Waals surface area contributed by atoms with Crippen LogP contribution in [0.25, 0.3) is 11.1 Å². The standard InChI is InChI=1S/C28H36N2O5/c1-5-10-19(15-25(31)30(16-26(32)33)18-28(2,3)4)29-27(34)35-17-24-22-13-8-6-11-20(22)21-12-7-9-14-23(21)24/h6-9,11-14,19,24H,5,10,15-18H2,1-4H3,(H,29,34)(H,32,33)/t19-/m0/s1. The first-order valence-corrected chi connectivity index (χ1v) is 12.2. The quantitative estimate of drug-likeness (QED) is 0.496. The average molecular weight is 481 g/mol. The van der Waals surface area contributed by atoms with Crippen LogP contribution in [-0.2, 0) is 14.3 Å². The molecule has 0 fully saturated rings. The molecule has 0 spiro atoms. The Morgan fingerprint density at radius 3 is 2.11 bits per heavy atom. The zero-order chi connectivity index (χ0) is 25.6. The van der Waals surface area contributed by atoms with E-state index >= 15 is 0 Å². The molecule has 2 aromatic carbocycles. The van der Waals surface area contributed by atoms with Crippen LogP contribution in [0.2, 0.25) is 0 Å². The van der Waals surface area contributed by atoms with Crippen molar-refractivity contribution in [3.63, 3.8) is 0 Å². The average Bonchev–Trinajstić information content (AvgIpc) is 3.10. The predicted octanol–water partition coefficient (Wildman–Crippen LogP) is 5.04. The number of benzene rings is 2. The number of ether oxygens (including phenoxy) is 1. The highest BCUT2D eigenvalue weighted by Gasteiger charge is 2.30. The Morgan fingerprint density at radius 2 is 1.60 bits per heavy atom. The van der Waals surface area contributed by atoms with E-state index in [1.54, 1.807) is 0 Å². The molecular formula is C28H36N2O5. The van der Waals surface area contributed by atoms with Crippen LogP contribution in [0.4, 0.5) is 4.79 Å². The fourth-order valence-electron chi connectivity index (χ4n) is 4.69. The van der Waals surface area contributed by atoms with E-state index in [0.29, 0.717) is 13.0 Å². The van der Waals surface area contributed by atoms with Crippen molar-refractivity contribution in [1.82, 2.24) is 10.2 Å². The lowest BCUT2D eigenvalue weighted by Gasteiger charge is -2.30. The van der Waals surface area contributed by atoms with Crippen molar-refractivity contribution in [2.75, 3.05) is 19.7 Å². The molecule has 188 valence electrons. The van der Waals surface area contributed by atoms with Gasteiger partial charge in [-0.15, -0.1) is 0 Å². The molecule has 1 atom stereocenters. The fraction of sp³-hybridized carbons (Fsp3) is 0.464. The third kappa shape index (κ3) is 7.07. The molecule has 0 bridgehead atoms. The summed E-state index contributed by atoms with van der Waals surface area (Å²) in [6.45, 7) is 7.99. The van der Waals surface area contributed by atoms with E-state index in [2.05, 4.69) is 29.6 Å². The molecule has 2 aromatic rings. The van der Waals surface area contributed by atoms with E-state index in [1.165, 1.54) is 4.90 Å². The monoisotopic (exact) mass is 480 g/mol. The van der Waals surface area contributed by atoms with Gasteiger partial charge in [0.25, 0.3) is 0 Å². The number of hydrogen-bond donors (Lipinski definition) is 2. The highest BCUT2D eigenvalue weighted by molar-refractivity contribution is 5.82. The van der Waals surface area contributed by atoms with Crippen LogP contribution in [0.3, 0.4) is 0 Å². The highest BCUT2D eigenvalue weighted by Crippen LogP contribution is 2.44. The van der Waals surface area contributed by atoms with Gasteiger partial charge >= 0.3 is 12.1 Å². The van der Waals surface area contributed by atoms with Crippen molar-refractivity contribution >= 4 is 18.0 Å². The van der Waals surface area contributed by atoms with Gasteiger partial charge in [0.15, 0.2) is 0 Å². The Bertz CT molecular complexity index is 1010. The van der Waals surface area contributed by atoms with Gasteiger partial charge in [-0.25, -0.2) is 4.79 Å². The maximum absolute atomic E-state index is 12.9. The summed E-state index contributed by atoms with van der Waals surface area (Å²) in [4.78, 5) is 38.3. The van der Waals surface area contributed by atoms with Crippen LogP contribution in [-0.4, -0.2) is 53.7 Å². The summed E-state index contributed by atoms with van der Waals surface area (Å²) < 4.78 is 5.63. The van der Waals surface area contributed by atoms with E-state index in [-0.39, 0.29) is 36.8 Å². The Labute approximate surface area is 207 Å². The lowest BCUT2D eigenvalue weighted by Crippen LogP contribution is -2.45. The second kappa shape index (κ2) is 11.4. The minimum Gasteiger partial charge on any atom is -0.480 e. The summed E-state index contributed by atoms with van der Waals surface area (Å²) in [6.07, 6.45) is 0.812. The molecule has 0 aliphatic heterocycles. The number of amides is 2. The van der Waals surface area contributed by atoms with Gasteiger partial charge in [0.2, 0.25) is 5.91 Å². The summed E-state index contributed by atoms with van der Waals surface area (Å²) in [5.41, 5.74) is 4.33. The molecular weight excluding hydrogens is 444 g/mol. The third-order valence-corrected chi connectivity index (χ3v) is 6.07. The molecule has 7 nitrogen and oxygen atoms in total. The number of nitrogens with one attached hydrogen (secondary N) is 1. The maximum Gasteiger partial charge on any atom is 0.407 e. The van der Waals surface area contributed by atoms with Crippen molar-refractivity contribution in [3.05, 3.63) is 59.7 Å². The number of rotatable bonds is 10. The number of fused-ring (bicyclic) bond motifs is 3. The van der Waals surface area contributed by atoms with E-state index in [1.807, 2.05) is 52.0 Å². The van der Waals surface area contributed by atoms with E-state index in [4.69, 9.17) is 4.74 Å². The summed E-state index contributed by atoms with van der Waals surface area (Å²) in [5.74, 6) is -1.39. The number of alkyl carbamates (subject to hydrolysis) is 1. The Kier molecular flexibility index (Phi) is 8.54. The topological polar surface area (TPSA) is 95.9 Å². The molecule has 1 aliphatic carbocycles. The number of carbonyl (C=O) groups excluding carboxylic acids is 2.